The zero-order chi connectivity index (χ0) is 18.8. The third-order valence-corrected chi connectivity index (χ3v) is 4.42. The molecule has 0 aliphatic heterocycles. The highest BCUT2D eigenvalue weighted by molar-refractivity contribution is 5.82. The minimum Gasteiger partial charge on any atom is -0.358 e. The Labute approximate surface area is 153 Å². The Kier molecular flexibility index (Phi) is 4.90. The van der Waals surface area contributed by atoms with E-state index in [-0.39, 0.29) is 5.43 Å². The summed E-state index contributed by atoms with van der Waals surface area (Å²) in [6.07, 6.45) is 0. The van der Waals surface area contributed by atoms with Gasteiger partial charge in [0.25, 0.3) is 0 Å². The van der Waals surface area contributed by atoms with Crippen molar-refractivity contribution >= 4 is 21.8 Å². The zero-order valence-electron chi connectivity index (χ0n) is 16.0. The summed E-state index contributed by atoms with van der Waals surface area (Å²) in [6.45, 7) is 10.2. The molecule has 1 N–H and O–H groups in total. The first-order valence-corrected chi connectivity index (χ1v) is 8.78. The van der Waals surface area contributed by atoms with E-state index in [0.717, 1.165) is 33.4 Å². The van der Waals surface area contributed by atoms with Crippen LogP contribution in [0.4, 0.5) is 0 Å². The van der Waals surface area contributed by atoms with Crippen LogP contribution in [0.3, 0.4) is 0 Å². The molecule has 0 saturated carbocycles. The Hall–Kier alpha value is -2.94. The maximum Gasteiger partial charge on any atom is 0.189 e. The topological polar surface area (TPSA) is 45.8 Å². The van der Waals surface area contributed by atoms with Crippen molar-refractivity contribution in [1.82, 2.24) is 9.97 Å². The van der Waals surface area contributed by atoms with Gasteiger partial charge in [-0.3, -0.25) is 9.78 Å². The molecule has 0 radical (unpaired) electrons. The fraction of sp³-hybridized carbons (Fsp3) is 0.217. The molecule has 2 heterocycles. The number of aryl methyl sites for hydroxylation is 5. The smallest absolute Gasteiger partial charge is 0.189 e. The molecule has 3 heteroatoms. The molecular weight excluding hydrogens is 320 g/mol. The summed E-state index contributed by atoms with van der Waals surface area (Å²) in [4.78, 5) is 19.2. The molecular formula is C23H24N2O. The standard InChI is InChI=1S/C12H13N.C11H11NO/c1-8-4-5-11-9(2)7-10(3)13-12(11)6-8;1-7-3-4-9-10(5-7)12-8(2)6-11(9)13/h4-7H,1-3H3;3-6H,1-2H3,(H,12,13). The molecule has 26 heavy (non-hydrogen) atoms. The second kappa shape index (κ2) is 7.12. The van der Waals surface area contributed by atoms with E-state index >= 15 is 0 Å². The van der Waals surface area contributed by atoms with Gasteiger partial charge in [-0.2, -0.15) is 0 Å². The number of nitrogens with one attached hydrogen (secondary N) is 1. The lowest BCUT2D eigenvalue weighted by Crippen LogP contribution is -2.02. The van der Waals surface area contributed by atoms with Crippen LogP contribution in [0.1, 0.15) is 28.1 Å². The molecule has 0 aliphatic rings. The Morgan fingerprint density at radius 1 is 0.769 bits per heavy atom. The van der Waals surface area contributed by atoms with Crippen LogP contribution in [0.25, 0.3) is 21.8 Å². The molecule has 0 amide bonds. The highest BCUT2D eigenvalue weighted by Gasteiger charge is 2.00. The molecule has 0 aliphatic carbocycles. The number of nitrogens with zero attached hydrogens (tertiary/aromatic N) is 1. The summed E-state index contributed by atoms with van der Waals surface area (Å²) in [7, 11) is 0. The van der Waals surface area contributed by atoms with Gasteiger partial charge in [0.1, 0.15) is 0 Å². The number of hydrogen-bond acceptors (Lipinski definition) is 2. The van der Waals surface area contributed by atoms with E-state index in [9.17, 15) is 4.79 Å². The van der Waals surface area contributed by atoms with E-state index in [0.29, 0.717) is 0 Å². The summed E-state index contributed by atoms with van der Waals surface area (Å²) in [5, 5.41) is 2.02. The number of benzene rings is 2. The van der Waals surface area contributed by atoms with Gasteiger partial charge in [-0.25, -0.2) is 0 Å². The van der Waals surface area contributed by atoms with Gasteiger partial charge < -0.3 is 4.98 Å². The first-order chi connectivity index (χ1) is 12.3. The number of hydrogen-bond donors (Lipinski definition) is 1. The lowest BCUT2D eigenvalue weighted by Gasteiger charge is -2.03. The summed E-state index contributed by atoms with van der Waals surface area (Å²) in [5.74, 6) is 0. The molecule has 0 saturated heterocycles. The Morgan fingerprint density at radius 3 is 2.15 bits per heavy atom. The van der Waals surface area contributed by atoms with Crippen molar-refractivity contribution in [3.63, 3.8) is 0 Å². The SMILES string of the molecule is Cc1ccc2c(=O)cc(C)[nH]c2c1.Cc1ccc2c(C)cc(C)nc2c1. The molecule has 4 rings (SSSR count). The molecule has 0 spiro atoms. The van der Waals surface area contributed by atoms with E-state index in [4.69, 9.17) is 0 Å². The molecule has 3 nitrogen and oxygen atoms in total. The van der Waals surface area contributed by atoms with Crippen molar-refractivity contribution in [2.45, 2.75) is 34.6 Å². The van der Waals surface area contributed by atoms with Crippen molar-refractivity contribution < 1.29 is 0 Å². The predicted molar refractivity (Wildman–Crippen MR) is 110 cm³/mol. The highest BCUT2D eigenvalue weighted by Crippen LogP contribution is 2.18. The molecule has 4 aromatic rings. The van der Waals surface area contributed by atoms with Crippen molar-refractivity contribution in [2.75, 3.05) is 0 Å². The van der Waals surface area contributed by atoms with Gasteiger partial charge in [-0.15, -0.1) is 0 Å². The van der Waals surface area contributed by atoms with Crippen LogP contribution in [-0.4, -0.2) is 9.97 Å². The van der Waals surface area contributed by atoms with E-state index in [2.05, 4.69) is 48.1 Å². The van der Waals surface area contributed by atoms with Gasteiger partial charge in [0.15, 0.2) is 5.43 Å². The predicted octanol–water partition coefficient (Wildman–Crippen LogP) is 5.31. The number of H-pyrrole nitrogens is 1. The minimum atomic E-state index is 0.0891. The Balaban J connectivity index is 0.000000151. The highest BCUT2D eigenvalue weighted by atomic mass is 16.1. The van der Waals surface area contributed by atoms with E-state index in [1.165, 1.54) is 16.5 Å². The van der Waals surface area contributed by atoms with Crippen molar-refractivity contribution in [3.8, 4) is 0 Å². The number of fused-ring (bicyclic) bond motifs is 2. The van der Waals surface area contributed by atoms with Gasteiger partial charge in [-0.05, 0) is 75.6 Å². The first kappa shape index (κ1) is 17.9. The van der Waals surface area contributed by atoms with Crippen LogP contribution in [0.5, 0.6) is 0 Å². The second-order valence-corrected chi connectivity index (χ2v) is 6.97. The fourth-order valence-electron chi connectivity index (χ4n) is 3.18. The Bertz CT molecular complexity index is 1150. The third-order valence-electron chi connectivity index (χ3n) is 4.42. The normalized spacial score (nSPS) is 10.7. The summed E-state index contributed by atoms with van der Waals surface area (Å²) < 4.78 is 0. The molecule has 132 valence electrons. The molecule has 2 aromatic heterocycles. The van der Waals surface area contributed by atoms with E-state index < -0.39 is 0 Å². The maximum atomic E-state index is 11.5. The van der Waals surface area contributed by atoms with Crippen LogP contribution in [-0.2, 0) is 0 Å². The third kappa shape index (κ3) is 3.83. The lowest BCUT2D eigenvalue weighted by molar-refractivity contribution is 1.23. The fourth-order valence-corrected chi connectivity index (χ4v) is 3.18. The quantitative estimate of drug-likeness (QED) is 0.470. The molecule has 0 bridgehead atoms. The summed E-state index contributed by atoms with van der Waals surface area (Å²) in [5.41, 5.74) is 7.86. The van der Waals surface area contributed by atoms with Crippen molar-refractivity contribution in [1.29, 1.82) is 0 Å². The van der Waals surface area contributed by atoms with Crippen molar-refractivity contribution in [2.24, 2.45) is 0 Å². The van der Waals surface area contributed by atoms with Crippen LogP contribution < -0.4 is 5.43 Å². The summed E-state index contributed by atoms with van der Waals surface area (Å²) in [6, 6.07) is 16.0. The largest absolute Gasteiger partial charge is 0.358 e. The molecule has 0 atom stereocenters. The maximum absolute atomic E-state index is 11.5. The van der Waals surface area contributed by atoms with Crippen LogP contribution in [0, 0.1) is 34.6 Å². The van der Waals surface area contributed by atoms with Gasteiger partial charge in [-0.1, -0.05) is 18.2 Å². The van der Waals surface area contributed by atoms with Gasteiger partial charge in [0.2, 0.25) is 0 Å². The summed E-state index contributed by atoms with van der Waals surface area (Å²) >= 11 is 0. The average molecular weight is 344 g/mol. The monoisotopic (exact) mass is 344 g/mol. The van der Waals surface area contributed by atoms with Crippen LogP contribution >= 0.6 is 0 Å². The number of rotatable bonds is 0. The van der Waals surface area contributed by atoms with Gasteiger partial charge in [0.05, 0.1) is 5.52 Å². The molecule has 0 fully saturated rings. The minimum absolute atomic E-state index is 0.0891. The van der Waals surface area contributed by atoms with Gasteiger partial charge >= 0.3 is 0 Å². The van der Waals surface area contributed by atoms with Gasteiger partial charge in [0, 0.05) is 33.7 Å². The molecule has 2 aromatic carbocycles. The number of aromatic amines is 1. The van der Waals surface area contributed by atoms with Crippen LogP contribution in [0.15, 0.2) is 53.3 Å². The Morgan fingerprint density at radius 2 is 1.42 bits per heavy atom. The first-order valence-electron chi connectivity index (χ1n) is 8.78. The number of aromatic nitrogens is 2. The number of pyridine rings is 2. The second-order valence-electron chi connectivity index (χ2n) is 6.97. The molecule has 0 unspecified atom stereocenters. The van der Waals surface area contributed by atoms with Crippen molar-refractivity contribution in [3.05, 3.63) is 86.8 Å². The lowest BCUT2D eigenvalue weighted by atomic mass is 10.1. The van der Waals surface area contributed by atoms with Crippen LogP contribution in [0.2, 0.25) is 0 Å². The average Bonchev–Trinajstić information content (AvgIpc) is 2.54. The zero-order valence-corrected chi connectivity index (χ0v) is 16.0. The van der Waals surface area contributed by atoms with E-state index in [1.54, 1.807) is 6.07 Å². The van der Waals surface area contributed by atoms with E-state index in [1.807, 2.05) is 39.0 Å².